The molecule has 2 N–H and O–H groups in total. The molecule has 22 heavy (non-hydrogen) atoms. The minimum atomic E-state index is 0. The molecule has 0 fully saturated rings. The predicted octanol–water partition coefficient (Wildman–Crippen LogP) is 3.86. The van der Waals surface area contributed by atoms with E-state index >= 15 is 0 Å². The Kier molecular flexibility index (Phi) is 17.4. The van der Waals surface area contributed by atoms with Gasteiger partial charge in [0.05, 0.1) is 0 Å². The largest absolute Gasteiger partial charge is 0.356 e. The lowest BCUT2D eigenvalue weighted by Crippen LogP contribution is -2.42. The van der Waals surface area contributed by atoms with Gasteiger partial charge in [-0.05, 0) is 53.6 Å². The van der Waals surface area contributed by atoms with Crippen molar-refractivity contribution in [3.63, 3.8) is 0 Å². The fourth-order valence-electron chi connectivity index (χ4n) is 2.15. The fourth-order valence-corrected chi connectivity index (χ4v) is 2.15. The van der Waals surface area contributed by atoms with Crippen LogP contribution in [0.4, 0.5) is 0 Å². The van der Waals surface area contributed by atoms with E-state index in [2.05, 4.69) is 55.3 Å². The molecule has 0 spiro atoms. The second-order valence-corrected chi connectivity index (χ2v) is 6.32. The molecule has 0 amide bonds. The van der Waals surface area contributed by atoms with Crippen LogP contribution < -0.4 is 10.6 Å². The second-order valence-electron chi connectivity index (χ2n) is 6.32. The van der Waals surface area contributed by atoms with Gasteiger partial charge in [0.25, 0.3) is 0 Å². The number of guanidine groups is 1. The summed E-state index contributed by atoms with van der Waals surface area (Å²) in [5.41, 5.74) is 0. The van der Waals surface area contributed by atoms with Gasteiger partial charge in [-0.1, -0.05) is 26.2 Å². The lowest BCUT2D eigenvalue weighted by atomic mass is 10.1. The van der Waals surface area contributed by atoms with Crippen molar-refractivity contribution >= 4 is 29.9 Å². The number of unbranched alkanes of at least 4 members (excludes halogenated alkanes) is 3. The molecule has 0 aromatic carbocycles. The first kappa shape index (κ1) is 24.2. The van der Waals surface area contributed by atoms with Crippen molar-refractivity contribution < 1.29 is 0 Å². The molecule has 0 rings (SSSR count). The van der Waals surface area contributed by atoms with Gasteiger partial charge in [-0.2, -0.15) is 0 Å². The molecule has 0 aliphatic heterocycles. The Morgan fingerprint density at radius 1 is 1.09 bits per heavy atom. The molecular weight excluding hydrogens is 387 g/mol. The molecule has 4 nitrogen and oxygen atoms in total. The second kappa shape index (κ2) is 15.8. The van der Waals surface area contributed by atoms with E-state index in [1.165, 1.54) is 45.1 Å². The van der Waals surface area contributed by atoms with Gasteiger partial charge in [0.2, 0.25) is 0 Å². The molecule has 0 aromatic heterocycles. The van der Waals surface area contributed by atoms with Crippen LogP contribution in [0.15, 0.2) is 4.99 Å². The van der Waals surface area contributed by atoms with Gasteiger partial charge in [0, 0.05) is 25.7 Å². The summed E-state index contributed by atoms with van der Waals surface area (Å²) in [4.78, 5) is 6.69. The Bertz CT molecular complexity index is 269. The average Bonchev–Trinajstić information content (AvgIpc) is 2.45. The first-order valence-corrected chi connectivity index (χ1v) is 8.68. The number of rotatable bonds is 11. The molecule has 0 aliphatic rings. The van der Waals surface area contributed by atoms with Crippen LogP contribution in [0.1, 0.15) is 66.2 Å². The zero-order valence-electron chi connectivity index (χ0n) is 15.6. The molecule has 1 atom stereocenters. The van der Waals surface area contributed by atoms with Crippen molar-refractivity contribution in [3.05, 3.63) is 0 Å². The molecule has 1 unspecified atom stereocenters. The Morgan fingerprint density at radius 2 is 1.77 bits per heavy atom. The van der Waals surface area contributed by atoms with E-state index in [4.69, 9.17) is 0 Å². The summed E-state index contributed by atoms with van der Waals surface area (Å²) in [5, 5.41) is 6.89. The summed E-state index contributed by atoms with van der Waals surface area (Å²) in [5.74, 6) is 0.941. The van der Waals surface area contributed by atoms with Gasteiger partial charge < -0.3 is 15.5 Å². The maximum Gasteiger partial charge on any atom is 0.191 e. The summed E-state index contributed by atoms with van der Waals surface area (Å²) in [6, 6.07) is 1.13. The van der Waals surface area contributed by atoms with Crippen LogP contribution in [0, 0.1) is 0 Å². The number of nitrogens with zero attached hydrogens (tertiary/aromatic N) is 2. The molecule has 0 radical (unpaired) electrons. The standard InChI is InChI=1S/C17H38N4.HI/c1-7-8-9-12-16(4)20-17(18-5)19-13-10-11-14-21(6)15(2)3;/h15-16H,7-14H2,1-6H3,(H2,18,19,20);1H. The van der Waals surface area contributed by atoms with E-state index in [0.29, 0.717) is 12.1 Å². The Morgan fingerprint density at radius 3 is 2.32 bits per heavy atom. The Balaban J connectivity index is 0. The summed E-state index contributed by atoms with van der Waals surface area (Å²) in [6.07, 6.45) is 7.52. The van der Waals surface area contributed by atoms with Crippen molar-refractivity contribution in [2.24, 2.45) is 4.99 Å². The van der Waals surface area contributed by atoms with Gasteiger partial charge in [-0.3, -0.25) is 4.99 Å². The van der Waals surface area contributed by atoms with Crippen molar-refractivity contribution in [3.8, 4) is 0 Å². The van der Waals surface area contributed by atoms with Gasteiger partial charge in [0.1, 0.15) is 0 Å². The van der Waals surface area contributed by atoms with Crippen LogP contribution in [0.25, 0.3) is 0 Å². The molecule has 0 heterocycles. The molecular formula is C17H39IN4. The van der Waals surface area contributed by atoms with E-state index in [1.807, 2.05) is 7.05 Å². The zero-order chi connectivity index (χ0) is 16.1. The van der Waals surface area contributed by atoms with E-state index < -0.39 is 0 Å². The minimum Gasteiger partial charge on any atom is -0.356 e. The number of hydrogen-bond donors (Lipinski definition) is 2. The summed E-state index contributed by atoms with van der Waals surface area (Å²) in [6.45, 7) is 11.1. The number of halogens is 1. The van der Waals surface area contributed by atoms with Crippen molar-refractivity contribution in [1.29, 1.82) is 0 Å². The maximum absolute atomic E-state index is 4.30. The normalized spacial score (nSPS) is 13.2. The molecule has 0 bridgehead atoms. The van der Waals surface area contributed by atoms with Gasteiger partial charge in [0.15, 0.2) is 5.96 Å². The molecule has 0 aliphatic carbocycles. The lowest BCUT2D eigenvalue weighted by Gasteiger charge is -2.21. The van der Waals surface area contributed by atoms with E-state index in [9.17, 15) is 0 Å². The number of hydrogen-bond acceptors (Lipinski definition) is 2. The van der Waals surface area contributed by atoms with Gasteiger partial charge in [-0.25, -0.2) is 0 Å². The lowest BCUT2D eigenvalue weighted by molar-refractivity contribution is 0.268. The third kappa shape index (κ3) is 13.6. The Hall–Kier alpha value is -0.0400. The molecule has 5 heteroatoms. The maximum atomic E-state index is 4.30. The molecule has 0 saturated carbocycles. The van der Waals surface area contributed by atoms with Crippen LogP contribution in [0.3, 0.4) is 0 Å². The highest BCUT2D eigenvalue weighted by molar-refractivity contribution is 14.0. The third-order valence-corrected chi connectivity index (χ3v) is 3.96. The quantitative estimate of drug-likeness (QED) is 0.228. The average molecular weight is 426 g/mol. The fraction of sp³-hybridized carbons (Fsp3) is 0.941. The van der Waals surface area contributed by atoms with E-state index in [0.717, 1.165) is 12.5 Å². The first-order chi connectivity index (χ1) is 10.0. The van der Waals surface area contributed by atoms with Crippen LogP contribution in [-0.4, -0.2) is 50.1 Å². The monoisotopic (exact) mass is 426 g/mol. The van der Waals surface area contributed by atoms with Crippen molar-refractivity contribution in [2.45, 2.75) is 78.3 Å². The van der Waals surface area contributed by atoms with E-state index in [-0.39, 0.29) is 24.0 Å². The van der Waals surface area contributed by atoms with Crippen LogP contribution in [0.2, 0.25) is 0 Å². The molecule has 0 saturated heterocycles. The van der Waals surface area contributed by atoms with E-state index in [1.54, 1.807) is 0 Å². The Labute approximate surface area is 155 Å². The predicted molar refractivity (Wildman–Crippen MR) is 111 cm³/mol. The third-order valence-electron chi connectivity index (χ3n) is 3.96. The first-order valence-electron chi connectivity index (χ1n) is 8.68. The highest BCUT2D eigenvalue weighted by Crippen LogP contribution is 2.02. The topological polar surface area (TPSA) is 39.7 Å². The van der Waals surface area contributed by atoms with Crippen LogP contribution >= 0.6 is 24.0 Å². The van der Waals surface area contributed by atoms with Crippen molar-refractivity contribution in [2.75, 3.05) is 27.2 Å². The number of aliphatic imine (C=N–C) groups is 1. The molecule has 0 aromatic rings. The highest BCUT2D eigenvalue weighted by atomic mass is 127. The smallest absolute Gasteiger partial charge is 0.191 e. The highest BCUT2D eigenvalue weighted by Gasteiger charge is 2.05. The van der Waals surface area contributed by atoms with Crippen LogP contribution in [0.5, 0.6) is 0 Å². The molecule has 134 valence electrons. The summed E-state index contributed by atoms with van der Waals surface area (Å²) in [7, 11) is 4.04. The van der Waals surface area contributed by atoms with Gasteiger partial charge >= 0.3 is 0 Å². The zero-order valence-corrected chi connectivity index (χ0v) is 17.9. The number of nitrogens with one attached hydrogen (secondary N) is 2. The van der Waals surface area contributed by atoms with Crippen molar-refractivity contribution in [1.82, 2.24) is 15.5 Å². The SMILES string of the molecule is CCCCCC(C)NC(=NC)NCCCCN(C)C(C)C.I. The van der Waals surface area contributed by atoms with Gasteiger partial charge in [-0.15, -0.1) is 24.0 Å². The van der Waals surface area contributed by atoms with Crippen LogP contribution in [-0.2, 0) is 0 Å². The summed E-state index contributed by atoms with van der Waals surface area (Å²) < 4.78 is 0. The summed E-state index contributed by atoms with van der Waals surface area (Å²) >= 11 is 0. The minimum absolute atomic E-state index is 0.